The lowest BCUT2D eigenvalue weighted by atomic mass is 9.90. The Morgan fingerprint density at radius 2 is 1.71 bits per heavy atom. The van der Waals surface area contributed by atoms with E-state index in [0.717, 1.165) is 38.2 Å². The van der Waals surface area contributed by atoms with Crippen LogP contribution in [0.15, 0.2) is 30.3 Å². The number of hydrogen-bond acceptors (Lipinski definition) is 4. The first kappa shape index (κ1) is 18.1. The Morgan fingerprint density at radius 3 is 2.24 bits per heavy atom. The van der Waals surface area contributed by atoms with Crippen molar-refractivity contribution in [3.63, 3.8) is 0 Å². The fraction of sp³-hybridized carbons (Fsp3) is 0.647. The molecule has 0 amide bonds. The van der Waals surface area contributed by atoms with Crippen molar-refractivity contribution in [3.8, 4) is 0 Å². The van der Waals surface area contributed by atoms with Crippen LogP contribution in [0, 0.1) is 0 Å². The molecule has 0 aromatic heterocycles. The molecule has 4 heteroatoms. The zero-order valence-electron chi connectivity index (χ0n) is 13.8. The highest BCUT2D eigenvalue weighted by Crippen LogP contribution is 2.24. The summed E-state index contributed by atoms with van der Waals surface area (Å²) in [5, 5.41) is 10.8. The molecule has 120 valence electrons. The highest BCUT2D eigenvalue weighted by atomic mass is 16.3. The minimum absolute atomic E-state index is 0.255. The van der Waals surface area contributed by atoms with Crippen molar-refractivity contribution in [1.29, 1.82) is 0 Å². The molecular weight excluding hydrogens is 262 g/mol. The first-order valence-electron chi connectivity index (χ1n) is 7.87. The smallest absolute Gasteiger partial charge is 0.103 e. The maximum absolute atomic E-state index is 10.8. The highest BCUT2D eigenvalue weighted by molar-refractivity contribution is 5.22. The number of likely N-dealkylation sites (N-methyl/N-ethyl adjacent to an activating group) is 1. The lowest BCUT2D eigenvalue weighted by Crippen LogP contribution is -2.40. The molecule has 3 N–H and O–H groups in total. The maximum Gasteiger partial charge on any atom is 0.103 e. The van der Waals surface area contributed by atoms with Crippen molar-refractivity contribution < 1.29 is 5.11 Å². The fourth-order valence-corrected chi connectivity index (χ4v) is 2.45. The molecule has 0 spiro atoms. The summed E-state index contributed by atoms with van der Waals surface area (Å²) in [7, 11) is 4.18. The second kappa shape index (κ2) is 9.15. The molecule has 0 aliphatic rings. The second-order valence-electron chi connectivity index (χ2n) is 6.00. The van der Waals surface area contributed by atoms with E-state index in [1.54, 1.807) is 0 Å². The van der Waals surface area contributed by atoms with E-state index in [0.29, 0.717) is 6.42 Å². The fourth-order valence-electron chi connectivity index (χ4n) is 2.45. The Hall–Kier alpha value is -0.940. The predicted molar refractivity (Wildman–Crippen MR) is 89.3 cm³/mol. The Kier molecular flexibility index (Phi) is 7.89. The molecule has 0 bridgehead atoms. The summed E-state index contributed by atoms with van der Waals surface area (Å²) < 4.78 is 0. The Balaban J connectivity index is 2.62. The van der Waals surface area contributed by atoms with Crippen LogP contribution in [0.2, 0.25) is 0 Å². The molecule has 1 rings (SSSR count). The quantitative estimate of drug-likeness (QED) is 0.686. The molecule has 0 saturated carbocycles. The molecule has 0 aliphatic carbocycles. The molecule has 1 unspecified atom stereocenters. The Labute approximate surface area is 129 Å². The van der Waals surface area contributed by atoms with Crippen molar-refractivity contribution in [2.45, 2.75) is 25.4 Å². The van der Waals surface area contributed by atoms with Gasteiger partial charge in [-0.05, 0) is 39.0 Å². The molecule has 0 heterocycles. The molecule has 21 heavy (non-hydrogen) atoms. The average Bonchev–Trinajstić information content (AvgIpc) is 2.50. The van der Waals surface area contributed by atoms with Gasteiger partial charge in [0.15, 0.2) is 0 Å². The number of nitrogens with zero attached hydrogens (tertiary/aromatic N) is 2. The zero-order chi connectivity index (χ0) is 15.7. The molecule has 4 nitrogen and oxygen atoms in total. The van der Waals surface area contributed by atoms with E-state index in [1.165, 1.54) is 0 Å². The number of nitrogens with two attached hydrogens (primary N) is 1. The van der Waals surface area contributed by atoms with Gasteiger partial charge in [-0.2, -0.15) is 0 Å². The minimum atomic E-state index is -0.925. The van der Waals surface area contributed by atoms with Gasteiger partial charge in [-0.15, -0.1) is 0 Å². The first-order valence-corrected chi connectivity index (χ1v) is 7.87. The summed E-state index contributed by atoms with van der Waals surface area (Å²) in [5.74, 6) is 0. The molecule has 1 aromatic rings. The topological polar surface area (TPSA) is 52.7 Å². The molecule has 0 saturated heterocycles. The predicted octanol–water partition coefficient (Wildman–Crippen LogP) is 1.50. The summed E-state index contributed by atoms with van der Waals surface area (Å²) >= 11 is 0. The van der Waals surface area contributed by atoms with Gasteiger partial charge in [0.25, 0.3) is 0 Å². The van der Waals surface area contributed by atoms with Crippen LogP contribution in [0.25, 0.3) is 0 Å². The van der Waals surface area contributed by atoms with Crippen molar-refractivity contribution in [2.24, 2.45) is 5.73 Å². The van der Waals surface area contributed by atoms with Crippen LogP contribution < -0.4 is 5.73 Å². The molecule has 1 atom stereocenters. The van der Waals surface area contributed by atoms with Gasteiger partial charge in [0.05, 0.1) is 0 Å². The van der Waals surface area contributed by atoms with Gasteiger partial charge in [-0.1, -0.05) is 37.3 Å². The molecular formula is C17H31N3O. The summed E-state index contributed by atoms with van der Waals surface area (Å²) in [6, 6.07) is 9.77. The van der Waals surface area contributed by atoms with E-state index in [4.69, 9.17) is 5.73 Å². The highest BCUT2D eigenvalue weighted by Gasteiger charge is 2.27. The standard InChI is InChI=1S/C17H31N3O/c1-4-11-20(14-13-19(2)3)12-10-17(21,15-18)16-8-6-5-7-9-16/h5-9,21H,4,10-15,18H2,1-3H3. The normalized spacial score (nSPS) is 14.6. The number of hydrogen-bond donors (Lipinski definition) is 2. The van der Waals surface area contributed by atoms with Crippen LogP contribution in [-0.2, 0) is 5.60 Å². The van der Waals surface area contributed by atoms with E-state index >= 15 is 0 Å². The monoisotopic (exact) mass is 293 g/mol. The molecule has 1 aromatic carbocycles. The van der Waals surface area contributed by atoms with E-state index in [2.05, 4.69) is 30.8 Å². The largest absolute Gasteiger partial charge is 0.384 e. The van der Waals surface area contributed by atoms with Crippen molar-refractivity contribution in [1.82, 2.24) is 9.80 Å². The zero-order valence-corrected chi connectivity index (χ0v) is 13.8. The van der Waals surface area contributed by atoms with Crippen LogP contribution >= 0.6 is 0 Å². The summed E-state index contributed by atoms with van der Waals surface area (Å²) in [6.07, 6.45) is 1.79. The van der Waals surface area contributed by atoms with Crippen molar-refractivity contribution >= 4 is 0 Å². The van der Waals surface area contributed by atoms with E-state index in [9.17, 15) is 5.11 Å². The SMILES string of the molecule is CCCN(CCN(C)C)CCC(O)(CN)c1ccccc1. The third-order valence-corrected chi connectivity index (χ3v) is 3.89. The molecule has 0 aliphatic heterocycles. The number of benzene rings is 1. The summed E-state index contributed by atoms with van der Waals surface area (Å²) in [5.41, 5.74) is 5.83. The second-order valence-corrected chi connectivity index (χ2v) is 6.00. The van der Waals surface area contributed by atoms with Gasteiger partial charge in [-0.3, -0.25) is 0 Å². The number of aliphatic hydroxyl groups is 1. The van der Waals surface area contributed by atoms with E-state index in [1.807, 2.05) is 30.3 Å². The van der Waals surface area contributed by atoms with Gasteiger partial charge < -0.3 is 20.6 Å². The van der Waals surface area contributed by atoms with Gasteiger partial charge >= 0.3 is 0 Å². The van der Waals surface area contributed by atoms with Crippen LogP contribution in [0.5, 0.6) is 0 Å². The Morgan fingerprint density at radius 1 is 1.05 bits per heavy atom. The third-order valence-electron chi connectivity index (χ3n) is 3.89. The van der Waals surface area contributed by atoms with Crippen molar-refractivity contribution in [2.75, 3.05) is 46.8 Å². The van der Waals surface area contributed by atoms with Crippen LogP contribution in [0.3, 0.4) is 0 Å². The lowest BCUT2D eigenvalue weighted by Gasteiger charge is -2.31. The van der Waals surface area contributed by atoms with Crippen molar-refractivity contribution in [3.05, 3.63) is 35.9 Å². The molecule has 0 fully saturated rings. The van der Waals surface area contributed by atoms with E-state index in [-0.39, 0.29) is 6.54 Å². The van der Waals surface area contributed by atoms with Gasteiger partial charge in [0, 0.05) is 26.2 Å². The van der Waals surface area contributed by atoms with Crippen LogP contribution in [0.4, 0.5) is 0 Å². The van der Waals surface area contributed by atoms with E-state index < -0.39 is 5.60 Å². The summed E-state index contributed by atoms with van der Waals surface area (Å²) in [6.45, 7) is 6.43. The first-order chi connectivity index (χ1) is 10.0. The maximum atomic E-state index is 10.8. The lowest BCUT2D eigenvalue weighted by molar-refractivity contribution is 0.0251. The third kappa shape index (κ3) is 6.14. The van der Waals surface area contributed by atoms with Gasteiger partial charge in [0.1, 0.15) is 5.60 Å². The summed E-state index contributed by atoms with van der Waals surface area (Å²) in [4.78, 5) is 4.60. The Bertz CT molecular complexity index is 383. The van der Waals surface area contributed by atoms with Gasteiger partial charge in [-0.25, -0.2) is 0 Å². The van der Waals surface area contributed by atoms with Crippen LogP contribution in [0.1, 0.15) is 25.3 Å². The van der Waals surface area contributed by atoms with Crippen LogP contribution in [-0.4, -0.2) is 61.7 Å². The van der Waals surface area contributed by atoms with Gasteiger partial charge in [0.2, 0.25) is 0 Å². The molecule has 0 radical (unpaired) electrons. The average molecular weight is 293 g/mol. The number of rotatable bonds is 10. The minimum Gasteiger partial charge on any atom is -0.384 e.